The third-order valence-electron chi connectivity index (χ3n) is 4.48. The molecular formula is C13H26N2O. The average Bonchev–Trinajstić information content (AvgIpc) is 2.30. The molecule has 94 valence electrons. The fraction of sp³-hybridized carbons (Fsp3) is 1.00. The van der Waals surface area contributed by atoms with E-state index >= 15 is 0 Å². The van der Waals surface area contributed by atoms with Crippen molar-refractivity contribution in [2.75, 3.05) is 27.2 Å². The van der Waals surface area contributed by atoms with Gasteiger partial charge in [0.2, 0.25) is 0 Å². The number of nitrogens with zero attached hydrogens (tertiary/aromatic N) is 2. The predicted octanol–water partition coefficient (Wildman–Crippen LogP) is 1.32. The maximum absolute atomic E-state index is 10.1. The summed E-state index contributed by atoms with van der Waals surface area (Å²) in [6.45, 7) is 2.41. The molecule has 1 aliphatic heterocycles. The quantitative estimate of drug-likeness (QED) is 0.769. The Labute approximate surface area is 99.4 Å². The molecule has 1 saturated heterocycles. The Hall–Kier alpha value is -0.120. The molecule has 0 unspecified atom stereocenters. The molecule has 0 aromatic carbocycles. The zero-order chi connectivity index (χ0) is 11.5. The van der Waals surface area contributed by atoms with Crippen molar-refractivity contribution in [2.45, 2.75) is 56.7 Å². The summed E-state index contributed by atoms with van der Waals surface area (Å²) in [5.41, 5.74) is 0. The Morgan fingerprint density at radius 3 is 2.31 bits per heavy atom. The summed E-state index contributed by atoms with van der Waals surface area (Å²) < 4.78 is 0. The van der Waals surface area contributed by atoms with Crippen molar-refractivity contribution in [3.05, 3.63) is 0 Å². The number of hydrogen-bond acceptors (Lipinski definition) is 3. The second-order valence-corrected chi connectivity index (χ2v) is 5.62. The lowest BCUT2D eigenvalue weighted by Gasteiger charge is -2.42. The van der Waals surface area contributed by atoms with Crippen LogP contribution in [-0.2, 0) is 0 Å². The fourth-order valence-corrected chi connectivity index (χ4v) is 3.24. The van der Waals surface area contributed by atoms with Crippen LogP contribution < -0.4 is 0 Å². The van der Waals surface area contributed by atoms with Gasteiger partial charge >= 0.3 is 0 Å². The summed E-state index contributed by atoms with van der Waals surface area (Å²) in [6.07, 6.45) is 7.12. The second kappa shape index (κ2) is 5.48. The van der Waals surface area contributed by atoms with E-state index in [0.29, 0.717) is 12.1 Å². The van der Waals surface area contributed by atoms with Crippen molar-refractivity contribution in [3.63, 3.8) is 0 Å². The second-order valence-electron chi connectivity index (χ2n) is 5.62. The van der Waals surface area contributed by atoms with E-state index < -0.39 is 0 Å². The first-order valence-corrected chi connectivity index (χ1v) is 6.77. The third-order valence-corrected chi connectivity index (χ3v) is 4.48. The van der Waals surface area contributed by atoms with Gasteiger partial charge in [0.05, 0.1) is 6.10 Å². The van der Waals surface area contributed by atoms with Crippen molar-refractivity contribution in [1.29, 1.82) is 0 Å². The van der Waals surface area contributed by atoms with Gasteiger partial charge < -0.3 is 10.0 Å². The van der Waals surface area contributed by atoms with E-state index in [0.717, 1.165) is 6.42 Å². The zero-order valence-electron chi connectivity index (χ0n) is 10.7. The first-order chi connectivity index (χ1) is 7.68. The number of piperidine rings is 1. The van der Waals surface area contributed by atoms with Gasteiger partial charge in [-0.2, -0.15) is 0 Å². The normalized spacial score (nSPS) is 34.5. The summed E-state index contributed by atoms with van der Waals surface area (Å²) >= 11 is 0. The topological polar surface area (TPSA) is 26.7 Å². The highest BCUT2D eigenvalue weighted by Crippen LogP contribution is 2.26. The molecule has 2 rings (SSSR count). The summed E-state index contributed by atoms with van der Waals surface area (Å²) in [4.78, 5) is 4.87. The van der Waals surface area contributed by atoms with Crippen molar-refractivity contribution >= 4 is 0 Å². The lowest BCUT2D eigenvalue weighted by molar-refractivity contribution is -0.000201. The Morgan fingerprint density at radius 2 is 1.69 bits per heavy atom. The summed E-state index contributed by atoms with van der Waals surface area (Å²) in [5, 5.41) is 10.1. The van der Waals surface area contributed by atoms with Gasteiger partial charge in [0.25, 0.3) is 0 Å². The molecule has 3 nitrogen and oxygen atoms in total. The van der Waals surface area contributed by atoms with E-state index in [2.05, 4.69) is 23.9 Å². The third kappa shape index (κ3) is 2.76. The minimum atomic E-state index is -0.0848. The van der Waals surface area contributed by atoms with E-state index in [1.165, 1.54) is 45.2 Å². The molecule has 0 bridgehead atoms. The highest BCUT2D eigenvalue weighted by Gasteiger charge is 2.31. The first-order valence-electron chi connectivity index (χ1n) is 6.77. The van der Waals surface area contributed by atoms with E-state index in [1.807, 2.05) is 0 Å². The van der Waals surface area contributed by atoms with Gasteiger partial charge in [-0.15, -0.1) is 0 Å². The molecule has 3 heteroatoms. The SMILES string of the molecule is CN1CCC(N(C)[C@@H]2CCCC[C@H]2O)CC1. The van der Waals surface area contributed by atoms with Crippen LogP contribution in [0, 0.1) is 0 Å². The number of likely N-dealkylation sites (tertiary alicyclic amines) is 1. The largest absolute Gasteiger partial charge is 0.391 e. The lowest BCUT2D eigenvalue weighted by Crippen LogP contribution is -2.51. The van der Waals surface area contributed by atoms with Gasteiger partial charge in [-0.25, -0.2) is 0 Å². The molecule has 0 spiro atoms. The van der Waals surface area contributed by atoms with Crippen molar-refractivity contribution in [3.8, 4) is 0 Å². The number of likely N-dealkylation sites (N-methyl/N-ethyl adjacent to an activating group) is 1. The summed E-state index contributed by atoms with van der Waals surface area (Å²) in [5.74, 6) is 0. The molecule has 1 heterocycles. The highest BCUT2D eigenvalue weighted by molar-refractivity contribution is 4.87. The first kappa shape index (κ1) is 12.3. The molecular weight excluding hydrogens is 200 g/mol. The van der Waals surface area contributed by atoms with Crippen LogP contribution in [0.4, 0.5) is 0 Å². The number of hydrogen-bond donors (Lipinski definition) is 1. The van der Waals surface area contributed by atoms with Crippen LogP contribution in [0.5, 0.6) is 0 Å². The van der Waals surface area contributed by atoms with E-state index in [-0.39, 0.29) is 6.10 Å². The van der Waals surface area contributed by atoms with Gasteiger partial charge in [-0.3, -0.25) is 4.90 Å². The van der Waals surface area contributed by atoms with E-state index in [4.69, 9.17) is 0 Å². The van der Waals surface area contributed by atoms with Crippen LogP contribution in [-0.4, -0.2) is 60.3 Å². The number of aliphatic hydroxyl groups excluding tert-OH is 1. The van der Waals surface area contributed by atoms with E-state index in [1.54, 1.807) is 0 Å². The number of aliphatic hydroxyl groups is 1. The van der Waals surface area contributed by atoms with Gasteiger partial charge in [0.1, 0.15) is 0 Å². The fourth-order valence-electron chi connectivity index (χ4n) is 3.24. The minimum absolute atomic E-state index is 0.0848. The monoisotopic (exact) mass is 226 g/mol. The molecule has 1 saturated carbocycles. The average molecular weight is 226 g/mol. The van der Waals surface area contributed by atoms with E-state index in [9.17, 15) is 5.11 Å². The highest BCUT2D eigenvalue weighted by atomic mass is 16.3. The molecule has 2 fully saturated rings. The predicted molar refractivity (Wildman–Crippen MR) is 66.5 cm³/mol. The van der Waals surface area contributed by atoms with Gasteiger partial charge in [0, 0.05) is 12.1 Å². The Bertz CT molecular complexity index is 214. The maximum atomic E-state index is 10.1. The van der Waals surface area contributed by atoms with Gasteiger partial charge in [-0.1, -0.05) is 12.8 Å². The molecule has 0 aromatic heterocycles. The van der Waals surface area contributed by atoms with Crippen LogP contribution in [0.1, 0.15) is 38.5 Å². The molecule has 0 radical (unpaired) electrons. The van der Waals surface area contributed by atoms with Gasteiger partial charge in [0.15, 0.2) is 0 Å². The Kier molecular flexibility index (Phi) is 4.22. The summed E-state index contributed by atoms with van der Waals surface area (Å²) in [7, 11) is 4.42. The summed E-state index contributed by atoms with van der Waals surface area (Å²) in [6, 6.07) is 1.11. The lowest BCUT2D eigenvalue weighted by atomic mass is 9.89. The van der Waals surface area contributed by atoms with Crippen LogP contribution in [0.25, 0.3) is 0 Å². The minimum Gasteiger partial charge on any atom is -0.391 e. The standard InChI is InChI=1S/C13H26N2O/c1-14-9-7-11(8-10-14)15(2)12-5-3-4-6-13(12)16/h11-13,16H,3-10H2,1-2H3/t12-,13-/m1/s1. The van der Waals surface area contributed by atoms with Crippen LogP contribution in [0.3, 0.4) is 0 Å². The van der Waals surface area contributed by atoms with Crippen LogP contribution >= 0.6 is 0 Å². The molecule has 0 aromatic rings. The van der Waals surface area contributed by atoms with Gasteiger partial charge in [-0.05, 0) is 52.9 Å². The van der Waals surface area contributed by atoms with Crippen LogP contribution in [0.15, 0.2) is 0 Å². The Morgan fingerprint density at radius 1 is 1.06 bits per heavy atom. The number of rotatable bonds is 2. The smallest absolute Gasteiger partial charge is 0.0695 e. The molecule has 16 heavy (non-hydrogen) atoms. The zero-order valence-corrected chi connectivity index (χ0v) is 10.7. The van der Waals surface area contributed by atoms with Crippen molar-refractivity contribution < 1.29 is 5.11 Å². The van der Waals surface area contributed by atoms with Crippen LogP contribution in [0.2, 0.25) is 0 Å². The van der Waals surface area contributed by atoms with Crippen molar-refractivity contribution in [1.82, 2.24) is 9.80 Å². The molecule has 2 atom stereocenters. The van der Waals surface area contributed by atoms with Crippen molar-refractivity contribution in [2.24, 2.45) is 0 Å². The Balaban J connectivity index is 1.88. The molecule has 0 amide bonds. The molecule has 2 aliphatic rings. The molecule has 1 aliphatic carbocycles. The molecule has 1 N–H and O–H groups in total. The maximum Gasteiger partial charge on any atom is 0.0695 e.